The average Bonchev–Trinajstić information content (AvgIpc) is 2.28. The topological polar surface area (TPSA) is 35.8 Å². The lowest BCUT2D eigenvalue weighted by Gasteiger charge is -2.14. The molecule has 1 unspecified atom stereocenters. The molecule has 0 radical (unpaired) electrons. The Hall–Kier alpha value is -0.920. The van der Waals surface area contributed by atoms with Gasteiger partial charge in [-0.2, -0.15) is 5.26 Å². The van der Waals surface area contributed by atoms with Crippen molar-refractivity contribution in [1.82, 2.24) is 5.32 Å². The zero-order valence-electron chi connectivity index (χ0n) is 9.13. The molecular weight excluding hydrogens is 271 g/mol. The molecule has 1 atom stereocenters. The van der Waals surface area contributed by atoms with Gasteiger partial charge in [0, 0.05) is 17.1 Å². The van der Waals surface area contributed by atoms with Gasteiger partial charge in [0.1, 0.15) is 5.82 Å². The summed E-state index contributed by atoms with van der Waals surface area (Å²) in [5, 5.41) is 11.8. The molecule has 0 aliphatic carbocycles. The molecule has 0 saturated heterocycles. The van der Waals surface area contributed by atoms with E-state index in [0.717, 1.165) is 16.5 Å². The normalized spacial score (nSPS) is 12.1. The third-order valence-corrected chi connectivity index (χ3v) is 3.19. The predicted molar refractivity (Wildman–Crippen MR) is 65.2 cm³/mol. The van der Waals surface area contributed by atoms with Gasteiger partial charge < -0.3 is 5.32 Å². The Bertz CT molecular complexity index is 387. The summed E-state index contributed by atoms with van der Waals surface area (Å²) < 4.78 is 13.9. The van der Waals surface area contributed by atoms with Gasteiger partial charge in [-0.15, -0.1) is 0 Å². The van der Waals surface area contributed by atoms with Crippen LogP contribution in [0.3, 0.4) is 0 Å². The van der Waals surface area contributed by atoms with Crippen molar-refractivity contribution in [2.24, 2.45) is 0 Å². The van der Waals surface area contributed by atoms with Crippen LogP contribution in [0.25, 0.3) is 0 Å². The molecule has 0 heterocycles. The lowest BCUT2D eigenvalue weighted by Crippen LogP contribution is -2.27. The van der Waals surface area contributed by atoms with Gasteiger partial charge in [-0.05, 0) is 30.2 Å². The SMILES string of the molecule is CCC(CC#N)NCc1cc(F)ccc1Br. The van der Waals surface area contributed by atoms with Gasteiger partial charge >= 0.3 is 0 Å². The lowest BCUT2D eigenvalue weighted by molar-refractivity contribution is 0.503. The Balaban J connectivity index is 2.60. The van der Waals surface area contributed by atoms with E-state index in [0.29, 0.717) is 13.0 Å². The second-order valence-electron chi connectivity index (χ2n) is 3.58. The summed E-state index contributed by atoms with van der Waals surface area (Å²) in [7, 11) is 0. The molecule has 1 aromatic rings. The molecule has 0 bridgehead atoms. The van der Waals surface area contributed by atoms with E-state index < -0.39 is 0 Å². The number of nitriles is 1. The lowest BCUT2D eigenvalue weighted by atomic mass is 10.1. The molecule has 0 spiro atoms. The van der Waals surface area contributed by atoms with E-state index in [2.05, 4.69) is 27.3 Å². The molecule has 1 aromatic carbocycles. The fourth-order valence-corrected chi connectivity index (χ4v) is 1.79. The summed E-state index contributed by atoms with van der Waals surface area (Å²) in [5.74, 6) is -0.242. The monoisotopic (exact) mass is 284 g/mol. The maximum atomic E-state index is 13.0. The standard InChI is InChI=1S/C12H14BrFN2/c1-2-11(5-6-15)16-8-9-7-10(14)3-4-12(9)13/h3-4,7,11,16H,2,5,8H2,1H3. The minimum absolute atomic E-state index is 0.167. The third kappa shape index (κ3) is 3.92. The van der Waals surface area contributed by atoms with Gasteiger partial charge in [-0.1, -0.05) is 22.9 Å². The Kier molecular flexibility index (Phi) is 5.44. The van der Waals surface area contributed by atoms with Crippen LogP contribution < -0.4 is 5.32 Å². The second-order valence-corrected chi connectivity index (χ2v) is 4.44. The maximum absolute atomic E-state index is 13.0. The van der Waals surface area contributed by atoms with Crippen LogP contribution >= 0.6 is 15.9 Å². The number of rotatable bonds is 5. The second kappa shape index (κ2) is 6.62. The van der Waals surface area contributed by atoms with Crippen LogP contribution in [0.15, 0.2) is 22.7 Å². The number of hydrogen-bond donors (Lipinski definition) is 1. The van der Waals surface area contributed by atoms with Crippen molar-refractivity contribution in [2.45, 2.75) is 32.4 Å². The van der Waals surface area contributed by atoms with Crippen molar-refractivity contribution < 1.29 is 4.39 Å². The van der Waals surface area contributed by atoms with Crippen LogP contribution in [-0.2, 0) is 6.54 Å². The Morgan fingerprint density at radius 2 is 2.31 bits per heavy atom. The zero-order chi connectivity index (χ0) is 12.0. The molecule has 0 fully saturated rings. The van der Waals surface area contributed by atoms with Crippen LogP contribution in [0.5, 0.6) is 0 Å². The van der Waals surface area contributed by atoms with E-state index in [9.17, 15) is 4.39 Å². The molecule has 0 aliphatic rings. The van der Waals surface area contributed by atoms with Gasteiger partial charge in [0.15, 0.2) is 0 Å². The molecule has 86 valence electrons. The van der Waals surface area contributed by atoms with Crippen molar-refractivity contribution in [1.29, 1.82) is 5.26 Å². The zero-order valence-corrected chi connectivity index (χ0v) is 10.7. The Morgan fingerprint density at radius 1 is 1.56 bits per heavy atom. The average molecular weight is 285 g/mol. The van der Waals surface area contributed by atoms with Crippen molar-refractivity contribution in [2.75, 3.05) is 0 Å². The molecule has 4 heteroatoms. The predicted octanol–water partition coefficient (Wildman–Crippen LogP) is 3.37. The summed E-state index contributed by atoms with van der Waals surface area (Å²) in [6.07, 6.45) is 1.37. The van der Waals surface area contributed by atoms with E-state index in [-0.39, 0.29) is 11.9 Å². The van der Waals surface area contributed by atoms with E-state index in [4.69, 9.17) is 5.26 Å². The minimum atomic E-state index is -0.242. The molecule has 0 aliphatic heterocycles. The summed E-state index contributed by atoms with van der Waals surface area (Å²) in [6.45, 7) is 2.59. The van der Waals surface area contributed by atoms with Crippen LogP contribution in [0.1, 0.15) is 25.3 Å². The van der Waals surface area contributed by atoms with Gasteiger partial charge in [0.2, 0.25) is 0 Å². The number of halogens is 2. The van der Waals surface area contributed by atoms with Crippen molar-refractivity contribution in [3.63, 3.8) is 0 Å². The summed E-state index contributed by atoms with van der Waals surface area (Å²) in [6, 6.07) is 6.90. The minimum Gasteiger partial charge on any atom is -0.309 e. The van der Waals surface area contributed by atoms with E-state index in [1.165, 1.54) is 12.1 Å². The molecular formula is C12H14BrFN2. The highest BCUT2D eigenvalue weighted by Crippen LogP contribution is 2.17. The number of benzene rings is 1. The number of hydrogen-bond acceptors (Lipinski definition) is 2. The molecule has 2 nitrogen and oxygen atoms in total. The van der Waals surface area contributed by atoms with Gasteiger partial charge in [-0.25, -0.2) is 4.39 Å². The quantitative estimate of drug-likeness (QED) is 0.900. The van der Waals surface area contributed by atoms with Gasteiger partial charge in [-0.3, -0.25) is 0 Å². The number of nitrogens with zero attached hydrogens (tertiary/aromatic N) is 1. The molecule has 0 saturated carbocycles. The van der Waals surface area contributed by atoms with Gasteiger partial charge in [0.25, 0.3) is 0 Å². The summed E-state index contributed by atoms with van der Waals surface area (Å²) in [4.78, 5) is 0. The first-order valence-corrected chi connectivity index (χ1v) is 6.01. The highest BCUT2D eigenvalue weighted by molar-refractivity contribution is 9.10. The van der Waals surface area contributed by atoms with Crippen LogP contribution in [-0.4, -0.2) is 6.04 Å². The maximum Gasteiger partial charge on any atom is 0.123 e. The van der Waals surface area contributed by atoms with Crippen LogP contribution in [0, 0.1) is 17.1 Å². The Morgan fingerprint density at radius 3 is 2.94 bits per heavy atom. The van der Waals surface area contributed by atoms with Crippen LogP contribution in [0.2, 0.25) is 0 Å². The molecule has 1 rings (SSSR count). The molecule has 0 aromatic heterocycles. The third-order valence-electron chi connectivity index (χ3n) is 2.42. The Labute approximate surface area is 104 Å². The summed E-state index contributed by atoms with van der Waals surface area (Å²) in [5.41, 5.74) is 0.872. The largest absolute Gasteiger partial charge is 0.309 e. The van der Waals surface area contributed by atoms with Crippen molar-refractivity contribution >= 4 is 15.9 Å². The fourth-order valence-electron chi connectivity index (χ4n) is 1.40. The van der Waals surface area contributed by atoms with E-state index in [1.807, 2.05) is 6.92 Å². The first-order chi connectivity index (χ1) is 7.67. The van der Waals surface area contributed by atoms with Gasteiger partial charge in [0.05, 0.1) is 12.5 Å². The molecule has 1 N–H and O–H groups in total. The fraction of sp³-hybridized carbons (Fsp3) is 0.417. The van der Waals surface area contributed by atoms with Crippen molar-refractivity contribution in [3.8, 4) is 6.07 Å². The summed E-state index contributed by atoms with van der Waals surface area (Å²) >= 11 is 3.37. The van der Waals surface area contributed by atoms with Crippen LogP contribution in [0.4, 0.5) is 4.39 Å². The highest BCUT2D eigenvalue weighted by atomic mass is 79.9. The smallest absolute Gasteiger partial charge is 0.123 e. The van der Waals surface area contributed by atoms with Crippen molar-refractivity contribution in [3.05, 3.63) is 34.1 Å². The highest BCUT2D eigenvalue weighted by Gasteiger charge is 2.07. The van der Waals surface area contributed by atoms with E-state index in [1.54, 1.807) is 6.07 Å². The first kappa shape index (κ1) is 13.1. The van der Waals surface area contributed by atoms with E-state index >= 15 is 0 Å². The first-order valence-electron chi connectivity index (χ1n) is 5.21. The molecule has 0 amide bonds. The molecule has 16 heavy (non-hydrogen) atoms. The number of nitrogens with one attached hydrogen (secondary N) is 1.